The molecule has 8 heteroatoms. The van der Waals surface area contributed by atoms with Gasteiger partial charge in [0.25, 0.3) is 5.56 Å². The van der Waals surface area contributed by atoms with Crippen LogP contribution in [0.3, 0.4) is 0 Å². The summed E-state index contributed by atoms with van der Waals surface area (Å²) in [5, 5.41) is -0.525. The van der Waals surface area contributed by atoms with Crippen LogP contribution in [-0.4, -0.2) is 14.5 Å². The van der Waals surface area contributed by atoms with Gasteiger partial charge in [0, 0.05) is 18.3 Å². The van der Waals surface area contributed by atoms with Crippen molar-refractivity contribution < 1.29 is 13.2 Å². The van der Waals surface area contributed by atoms with E-state index in [0.29, 0.717) is 23.6 Å². The maximum absolute atomic E-state index is 13.6. The molecule has 1 saturated carbocycles. The van der Waals surface area contributed by atoms with Crippen LogP contribution < -0.4 is 5.56 Å². The Balaban J connectivity index is 1.92. The van der Waals surface area contributed by atoms with Crippen molar-refractivity contribution in [3.63, 3.8) is 0 Å². The monoisotopic (exact) mass is 426 g/mol. The lowest BCUT2D eigenvalue weighted by molar-refractivity contribution is -0.139. The van der Waals surface area contributed by atoms with E-state index in [1.54, 1.807) is 24.3 Å². The Morgan fingerprint density at radius 3 is 2.58 bits per heavy atom. The molecule has 0 radical (unpaired) electrons. The molecule has 160 valence electrons. The number of alkyl halides is 3. The quantitative estimate of drug-likeness (QED) is 0.481. The van der Waals surface area contributed by atoms with Crippen LogP contribution in [0.4, 0.5) is 18.9 Å². The van der Waals surface area contributed by atoms with E-state index in [1.807, 2.05) is 0 Å². The highest BCUT2D eigenvalue weighted by Crippen LogP contribution is 2.34. The first-order valence-electron chi connectivity index (χ1n) is 10.3. The van der Waals surface area contributed by atoms with Gasteiger partial charge in [0.05, 0.1) is 17.5 Å². The van der Waals surface area contributed by atoms with E-state index in [2.05, 4.69) is 14.8 Å². The molecule has 0 saturated heterocycles. The predicted molar refractivity (Wildman–Crippen MR) is 112 cm³/mol. The molecule has 0 bridgehead atoms. The molecule has 0 spiro atoms. The second kappa shape index (κ2) is 8.50. The third-order valence-electron chi connectivity index (χ3n) is 5.89. The number of halogens is 3. The van der Waals surface area contributed by atoms with Gasteiger partial charge in [-0.25, -0.2) is 9.83 Å². The van der Waals surface area contributed by atoms with Crippen LogP contribution in [0.5, 0.6) is 0 Å². The highest BCUT2D eigenvalue weighted by Gasteiger charge is 2.36. The Morgan fingerprint density at radius 1 is 1.13 bits per heavy atom. The number of rotatable bonds is 4. The van der Waals surface area contributed by atoms with Crippen molar-refractivity contribution in [3.8, 4) is 11.4 Å². The van der Waals surface area contributed by atoms with Crippen molar-refractivity contribution in [3.05, 3.63) is 64.0 Å². The summed E-state index contributed by atoms with van der Waals surface area (Å²) in [6.45, 7) is 7.70. The van der Waals surface area contributed by atoms with Gasteiger partial charge in [-0.05, 0) is 18.4 Å². The zero-order valence-corrected chi connectivity index (χ0v) is 16.8. The first kappa shape index (κ1) is 21.0. The first-order valence-corrected chi connectivity index (χ1v) is 10.3. The van der Waals surface area contributed by atoms with E-state index in [0.717, 1.165) is 31.9 Å². The first-order chi connectivity index (χ1) is 14.9. The van der Waals surface area contributed by atoms with E-state index in [-0.39, 0.29) is 17.9 Å². The van der Waals surface area contributed by atoms with Crippen LogP contribution in [0.15, 0.2) is 41.3 Å². The van der Waals surface area contributed by atoms with Gasteiger partial charge in [0.1, 0.15) is 5.82 Å². The Hall–Kier alpha value is -3.21. The van der Waals surface area contributed by atoms with Gasteiger partial charge < -0.3 is 0 Å². The SMILES string of the molecule is [C-]#[N+]c1ccccc1-c1nc2ccnc(C(F)(F)F)c2c(=O)n1CCC1CCCCC1. The number of benzene rings is 1. The second-order valence-electron chi connectivity index (χ2n) is 7.87. The number of nitrogens with zero attached hydrogens (tertiary/aromatic N) is 4. The van der Waals surface area contributed by atoms with Crippen molar-refractivity contribution in [2.45, 2.75) is 51.2 Å². The molecule has 1 aromatic carbocycles. The average Bonchev–Trinajstić information content (AvgIpc) is 2.78. The van der Waals surface area contributed by atoms with Crippen LogP contribution in [0.1, 0.15) is 44.2 Å². The van der Waals surface area contributed by atoms with Crippen LogP contribution >= 0.6 is 0 Å². The summed E-state index contributed by atoms with van der Waals surface area (Å²) in [7, 11) is 0. The largest absolute Gasteiger partial charge is 0.434 e. The minimum absolute atomic E-state index is 0.0731. The summed E-state index contributed by atoms with van der Waals surface area (Å²) in [6.07, 6.45) is 2.49. The number of para-hydroxylation sites is 1. The van der Waals surface area contributed by atoms with E-state index >= 15 is 0 Å². The Morgan fingerprint density at radius 2 is 1.87 bits per heavy atom. The Kier molecular flexibility index (Phi) is 5.77. The second-order valence-corrected chi connectivity index (χ2v) is 7.87. The molecule has 0 N–H and O–H groups in total. The minimum Gasteiger partial charge on any atom is -0.293 e. The summed E-state index contributed by atoms with van der Waals surface area (Å²) in [4.78, 5) is 24.7. The maximum atomic E-state index is 13.6. The summed E-state index contributed by atoms with van der Waals surface area (Å²) in [5.74, 6) is 0.649. The highest BCUT2D eigenvalue weighted by atomic mass is 19.4. The normalized spacial score (nSPS) is 15.2. The predicted octanol–water partition coefficient (Wildman–Crippen LogP) is 6.00. The van der Waals surface area contributed by atoms with Crippen molar-refractivity contribution in [1.82, 2.24) is 14.5 Å². The summed E-state index contributed by atoms with van der Waals surface area (Å²) >= 11 is 0. The third-order valence-corrected chi connectivity index (χ3v) is 5.89. The van der Waals surface area contributed by atoms with Gasteiger partial charge in [-0.2, -0.15) is 13.2 Å². The molecule has 0 aliphatic heterocycles. The van der Waals surface area contributed by atoms with Crippen LogP contribution in [0.25, 0.3) is 27.1 Å². The Bertz CT molecular complexity index is 1200. The molecule has 31 heavy (non-hydrogen) atoms. The lowest BCUT2D eigenvalue weighted by atomic mass is 9.87. The topological polar surface area (TPSA) is 52.1 Å². The fourth-order valence-corrected chi connectivity index (χ4v) is 4.34. The van der Waals surface area contributed by atoms with Gasteiger partial charge in [-0.1, -0.05) is 56.4 Å². The maximum Gasteiger partial charge on any atom is 0.434 e. The van der Waals surface area contributed by atoms with Gasteiger partial charge in [0.15, 0.2) is 11.4 Å². The summed E-state index contributed by atoms with van der Waals surface area (Å²) < 4.78 is 42.0. The minimum atomic E-state index is -4.77. The van der Waals surface area contributed by atoms with Crippen LogP contribution in [0, 0.1) is 12.5 Å². The number of fused-ring (bicyclic) bond motifs is 1. The number of hydrogen-bond donors (Lipinski definition) is 0. The molecule has 4 rings (SSSR count). The van der Waals surface area contributed by atoms with E-state index in [9.17, 15) is 18.0 Å². The highest BCUT2D eigenvalue weighted by molar-refractivity contribution is 5.84. The molecule has 3 aromatic rings. The average molecular weight is 426 g/mol. The molecule has 5 nitrogen and oxygen atoms in total. The zero-order valence-electron chi connectivity index (χ0n) is 16.8. The van der Waals surface area contributed by atoms with Crippen molar-refractivity contribution >= 4 is 16.6 Å². The fraction of sp³-hybridized carbons (Fsp3) is 0.391. The number of hydrogen-bond acceptors (Lipinski definition) is 3. The van der Waals surface area contributed by atoms with Gasteiger partial charge in [0.2, 0.25) is 0 Å². The number of pyridine rings is 1. The summed E-state index contributed by atoms with van der Waals surface area (Å²) in [6, 6.07) is 8.01. The summed E-state index contributed by atoms with van der Waals surface area (Å²) in [5.41, 5.74) is -1.33. The van der Waals surface area contributed by atoms with Crippen molar-refractivity contribution in [2.24, 2.45) is 5.92 Å². The van der Waals surface area contributed by atoms with Gasteiger partial charge in [-0.15, -0.1) is 0 Å². The molecule has 1 aliphatic rings. The zero-order chi connectivity index (χ0) is 22.0. The van der Waals surface area contributed by atoms with Crippen LogP contribution in [0.2, 0.25) is 0 Å². The number of aromatic nitrogens is 3. The molecule has 0 atom stereocenters. The lowest BCUT2D eigenvalue weighted by Gasteiger charge is -2.23. The molecular weight excluding hydrogens is 405 g/mol. The fourth-order valence-electron chi connectivity index (χ4n) is 4.34. The van der Waals surface area contributed by atoms with Crippen molar-refractivity contribution in [2.75, 3.05) is 0 Å². The molecule has 1 fully saturated rings. The molecule has 2 aromatic heterocycles. The molecule has 1 aliphatic carbocycles. The molecule has 0 amide bonds. The molecule has 2 heterocycles. The molecule has 0 unspecified atom stereocenters. The smallest absolute Gasteiger partial charge is 0.293 e. The third kappa shape index (κ3) is 4.18. The Labute approximate surface area is 177 Å². The standard InChI is InChI=1S/C23H21F3N4O/c1-27-17-10-6-5-9-16(17)21-29-18-11-13-28-20(23(24,25)26)19(18)22(31)30(21)14-12-15-7-3-2-4-8-15/h5-6,9-11,13,15H,2-4,7-8,12,14H2. The van der Waals surface area contributed by atoms with Gasteiger partial charge >= 0.3 is 6.18 Å². The molecular formula is C23H21F3N4O. The lowest BCUT2D eigenvalue weighted by Crippen LogP contribution is -2.27. The van der Waals surface area contributed by atoms with E-state index in [1.165, 1.54) is 17.1 Å². The van der Waals surface area contributed by atoms with Gasteiger partial charge in [-0.3, -0.25) is 14.3 Å². The van der Waals surface area contributed by atoms with Crippen molar-refractivity contribution in [1.29, 1.82) is 0 Å². The van der Waals surface area contributed by atoms with Crippen LogP contribution in [-0.2, 0) is 12.7 Å². The van der Waals surface area contributed by atoms with E-state index < -0.39 is 22.8 Å². The van der Waals surface area contributed by atoms with E-state index in [4.69, 9.17) is 6.57 Å².